The summed E-state index contributed by atoms with van der Waals surface area (Å²) in [6.45, 7) is 0.984. The fourth-order valence-electron chi connectivity index (χ4n) is 3.21. The first-order valence-corrected chi connectivity index (χ1v) is 8.82. The van der Waals surface area contributed by atoms with Crippen LogP contribution in [0.2, 0.25) is 0 Å². The summed E-state index contributed by atoms with van der Waals surface area (Å²) < 4.78 is 36.7. The van der Waals surface area contributed by atoms with Crippen molar-refractivity contribution in [1.29, 1.82) is 0 Å². The highest BCUT2D eigenvalue weighted by Gasteiger charge is 2.39. The van der Waals surface area contributed by atoms with Gasteiger partial charge in [-0.3, -0.25) is 4.79 Å². The number of alkyl halides is 3. The van der Waals surface area contributed by atoms with Gasteiger partial charge in [0.25, 0.3) is 0 Å². The average molecular weight is 386 g/mol. The van der Waals surface area contributed by atoms with E-state index in [-0.39, 0.29) is 12.5 Å². The van der Waals surface area contributed by atoms with Crippen molar-refractivity contribution in [2.45, 2.75) is 6.18 Å². The van der Waals surface area contributed by atoms with Gasteiger partial charge in [0, 0.05) is 37.3 Å². The highest BCUT2D eigenvalue weighted by atomic mass is 19.4. The van der Waals surface area contributed by atoms with E-state index in [0.29, 0.717) is 19.0 Å². The predicted molar refractivity (Wildman–Crippen MR) is 99.7 cm³/mol. The Morgan fingerprint density at radius 3 is 2.61 bits per heavy atom. The maximum atomic E-state index is 12.2. The minimum Gasteiger partial charge on any atom is -0.348 e. The monoisotopic (exact) mass is 386 g/mol. The van der Waals surface area contributed by atoms with Crippen LogP contribution in [0.25, 0.3) is 22.0 Å². The summed E-state index contributed by atoms with van der Waals surface area (Å²) in [4.78, 5) is 21.6. The van der Waals surface area contributed by atoms with Crippen molar-refractivity contribution in [1.82, 2.24) is 15.3 Å². The second-order valence-corrected chi connectivity index (χ2v) is 6.78. The normalized spacial score (nSPS) is 14.8. The minimum absolute atomic E-state index is 0.0147. The van der Waals surface area contributed by atoms with Gasteiger partial charge in [-0.05, 0) is 22.9 Å². The number of amides is 1. The third-order valence-electron chi connectivity index (χ3n) is 4.74. The standard InChI is InChI=1S/C20H17F3N4O/c21-20(22,23)18(28)25-10-13-11-27(12-13)19-24-8-7-17(26-19)16-6-5-14-3-1-2-4-15(14)9-16/h1-9,13H,10-12H2,(H,25,28). The Bertz CT molecular complexity index is 1020. The largest absolute Gasteiger partial charge is 0.471 e. The molecule has 0 unspecified atom stereocenters. The lowest BCUT2D eigenvalue weighted by Gasteiger charge is -2.39. The Labute approximate surface area is 159 Å². The zero-order valence-electron chi connectivity index (χ0n) is 14.8. The van der Waals surface area contributed by atoms with E-state index in [4.69, 9.17) is 0 Å². The van der Waals surface area contributed by atoms with Crippen LogP contribution in [0, 0.1) is 5.92 Å². The van der Waals surface area contributed by atoms with E-state index in [1.165, 1.54) is 0 Å². The molecule has 0 atom stereocenters. The molecule has 1 aliphatic heterocycles. The smallest absolute Gasteiger partial charge is 0.348 e. The molecule has 0 spiro atoms. The summed E-state index contributed by atoms with van der Waals surface area (Å²) in [5, 5.41) is 4.18. The lowest BCUT2D eigenvalue weighted by atomic mass is 10.0. The predicted octanol–water partition coefficient (Wildman–Crippen LogP) is 3.41. The van der Waals surface area contributed by atoms with Gasteiger partial charge in [0.1, 0.15) is 0 Å². The summed E-state index contributed by atoms with van der Waals surface area (Å²) >= 11 is 0. The third-order valence-corrected chi connectivity index (χ3v) is 4.74. The molecule has 2 heterocycles. The van der Waals surface area contributed by atoms with Crippen LogP contribution >= 0.6 is 0 Å². The van der Waals surface area contributed by atoms with Gasteiger partial charge < -0.3 is 10.2 Å². The Morgan fingerprint density at radius 1 is 1.11 bits per heavy atom. The van der Waals surface area contributed by atoms with Gasteiger partial charge in [-0.2, -0.15) is 13.2 Å². The first-order chi connectivity index (χ1) is 13.4. The van der Waals surface area contributed by atoms with Gasteiger partial charge in [-0.1, -0.05) is 36.4 Å². The van der Waals surface area contributed by atoms with Crippen molar-refractivity contribution >= 4 is 22.6 Å². The van der Waals surface area contributed by atoms with Crippen molar-refractivity contribution < 1.29 is 18.0 Å². The molecular weight excluding hydrogens is 369 g/mol. The zero-order valence-corrected chi connectivity index (χ0v) is 14.8. The number of halogens is 3. The molecule has 0 aliphatic carbocycles. The number of carbonyl (C=O) groups excluding carboxylic acids is 1. The molecular formula is C20H17F3N4O. The SMILES string of the molecule is O=C(NCC1CN(c2nccc(-c3ccc4ccccc4c3)n2)C1)C(F)(F)F. The lowest BCUT2D eigenvalue weighted by molar-refractivity contribution is -0.173. The van der Waals surface area contributed by atoms with E-state index in [0.717, 1.165) is 22.0 Å². The van der Waals surface area contributed by atoms with Crippen molar-refractivity contribution in [3.63, 3.8) is 0 Å². The quantitative estimate of drug-likeness (QED) is 0.747. The van der Waals surface area contributed by atoms with Crippen molar-refractivity contribution in [2.75, 3.05) is 24.5 Å². The van der Waals surface area contributed by atoms with Crippen LogP contribution in [-0.2, 0) is 4.79 Å². The van der Waals surface area contributed by atoms with Gasteiger partial charge in [0.2, 0.25) is 5.95 Å². The molecule has 5 nitrogen and oxygen atoms in total. The molecule has 0 radical (unpaired) electrons. The van der Waals surface area contributed by atoms with E-state index < -0.39 is 12.1 Å². The molecule has 1 N–H and O–H groups in total. The maximum absolute atomic E-state index is 12.2. The topological polar surface area (TPSA) is 58.1 Å². The van der Waals surface area contributed by atoms with Gasteiger partial charge >= 0.3 is 12.1 Å². The van der Waals surface area contributed by atoms with Crippen LogP contribution in [0.15, 0.2) is 54.7 Å². The van der Waals surface area contributed by atoms with Gasteiger partial charge in [-0.25, -0.2) is 9.97 Å². The molecule has 3 aromatic rings. The van der Waals surface area contributed by atoms with Crippen LogP contribution in [-0.4, -0.2) is 41.7 Å². The van der Waals surface area contributed by atoms with Gasteiger partial charge in [-0.15, -0.1) is 0 Å². The number of carbonyl (C=O) groups is 1. The molecule has 1 fully saturated rings. The van der Waals surface area contributed by atoms with E-state index in [1.54, 1.807) is 6.20 Å². The second kappa shape index (κ2) is 7.10. The number of aromatic nitrogens is 2. The summed E-state index contributed by atoms with van der Waals surface area (Å²) in [6.07, 6.45) is -3.17. The Hall–Kier alpha value is -3.16. The molecule has 1 amide bonds. The van der Waals surface area contributed by atoms with Crippen molar-refractivity contribution in [2.24, 2.45) is 5.92 Å². The number of nitrogens with one attached hydrogen (secondary N) is 1. The summed E-state index contributed by atoms with van der Waals surface area (Å²) in [5.41, 5.74) is 1.75. The van der Waals surface area contributed by atoms with Crippen LogP contribution in [0.5, 0.6) is 0 Å². The fraction of sp³-hybridized carbons (Fsp3) is 0.250. The number of fused-ring (bicyclic) bond motifs is 1. The molecule has 28 heavy (non-hydrogen) atoms. The van der Waals surface area contributed by atoms with Crippen LogP contribution in [0.4, 0.5) is 19.1 Å². The number of anilines is 1. The maximum Gasteiger partial charge on any atom is 0.471 e. The van der Waals surface area contributed by atoms with Crippen LogP contribution in [0.1, 0.15) is 0 Å². The Kier molecular flexibility index (Phi) is 4.62. The average Bonchev–Trinajstić information content (AvgIpc) is 2.65. The lowest BCUT2D eigenvalue weighted by Crippen LogP contribution is -2.53. The summed E-state index contributed by atoms with van der Waals surface area (Å²) in [7, 11) is 0. The van der Waals surface area contributed by atoms with E-state index in [2.05, 4.69) is 16.0 Å². The van der Waals surface area contributed by atoms with E-state index in [1.807, 2.05) is 52.7 Å². The number of benzene rings is 2. The summed E-state index contributed by atoms with van der Waals surface area (Å²) in [5.74, 6) is -1.43. The van der Waals surface area contributed by atoms with Crippen LogP contribution in [0.3, 0.4) is 0 Å². The summed E-state index contributed by atoms with van der Waals surface area (Å²) in [6, 6.07) is 16.0. The van der Waals surface area contributed by atoms with Crippen molar-refractivity contribution in [3.05, 3.63) is 54.7 Å². The molecule has 2 aromatic carbocycles. The molecule has 1 saturated heterocycles. The van der Waals surface area contributed by atoms with Crippen molar-refractivity contribution in [3.8, 4) is 11.3 Å². The molecule has 0 bridgehead atoms. The number of nitrogens with zero attached hydrogens (tertiary/aromatic N) is 3. The van der Waals surface area contributed by atoms with Crippen LogP contribution < -0.4 is 10.2 Å². The highest BCUT2D eigenvalue weighted by Crippen LogP contribution is 2.26. The first-order valence-electron chi connectivity index (χ1n) is 8.82. The van der Waals surface area contributed by atoms with Gasteiger partial charge in [0.15, 0.2) is 0 Å². The minimum atomic E-state index is -4.85. The number of hydrogen-bond acceptors (Lipinski definition) is 4. The Balaban J connectivity index is 1.41. The molecule has 8 heteroatoms. The molecule has 1 aliphatic rings. The second-order valence-electron chi connectivity index (χ2n) is 6.78. The molecule has 1 aromatic heterocycles. The molecule has 4 rings (SSSR count). The fourth-order valence-corrected chi connectivity index (χ4v) is 3.21. The molecule has 144 valence electrons. The number of rotatable bonds is 4. The third kappa shape index (κ3) is 3.76. The van der Waals surface area contributed by atoms with E-state index in [9.17, 15) is 18.0 Å². The van der Waals surface area contributed by atoms with E-state index >= 15 is 0 Å². The first kappa shape index (κ1) is 18.2. The number of hydrogen-bond donors (Lipinski definition) is 1. The molecule has 0 saturated carbocycles. The Morgan fingerprint density at radius 2 is 1.86 bits per heavy atom. The highest BCUT2D eigenvalue weighted by molar-refractivity contribution is 5.86. The van der Waals surface area contributed by atoms with Gasteiger partial charge in [0.05, 0.1) is 5.69 Å². The zero-order chi connectivity index (χ0) is 19.7.